The van der Waals surface area contributed by atoms with E-state index in [9.17, 15) is 19.8 Å². The van der Waals surface area contributed by atoms with E-state index in [4.69, 9.17) is 20.6 Å². The molecule has 7 nitrogen and oxygen atoms in total. The standard InChI is InChI=1S/C17H26O7/c1-4-7-9-12(18)23-16-14(20)11(6-3)22-17(15(16)21)24-13(19)10-8-5-2/h3,11,14-17,20-21H,4-5,7-10H2,1-2H3/t11?,14-,15+,16-,17-/m1/s1. The van der Waals surface area contributed by atoms with Crippen LogP contribution in [0.1, 0.15) is 52.4 Å². The molecule has 0 aromatic carbocycles. The molecule has 1 saturated heterocycles. The SMILES string of the molecule is C#CC1O[C@H](OC(=O)CCCC)[C@@H](O)[C@H](OC(=O)CCCC)[C@@H]1O. The van der Waals surface area contributed by atoms with Gasteiger partial charge < -0.3 is 24.4 Å². The number of aliphatic hydroxyl groups is 2. The lowest BCUT2D eigenvalue weighted by molar-refractivity contribution is -0.280. The maximum atomic E-state index is 11.8. The van der Waals surface area contributed by atoms with E-state index in [1.54, 1.807) is 0 Å². The number of esters is 2. The normalized spacial score (nSPS) is 29.5. The summed E-state index contributed by atoms with van der Waals surface area (Å²) in [5.74, 6) is 1.09. The van der Waals surface area contributed by atoms with Crippen molar-refractivity contribution in [1.29, 1.82) is 0 Å². The summed E-state index contributed by atoms with van der Waals surface area (Å²) >= 11 is 0. The average Bonchev–Trinajstić information content (AvgIpc) is 2.57. The van der Waals surface area contributed by atoms with Crippen molar-refractivity contribution in [2.45, 2.75) is 83.1 Å². The zero-order valence-corrected chi connectivity index (χ0v) is 14.1. The van der Waals surface area contributed by atoms with E-state index in [2.05, 4.69) is 5.92 Å². The van der Waals surface area contributed by atoms with E-state index >= 15 is 0 Å². The Hall–Kier alpha value is -1.62. The summed E-state index contributed by atoms with van der Waals surface area (Å²) in [5, 5.41) is 20.4. The summed E-state index contributed by atoms with van der Waals surface area (Å²) in [7, 11) is 0. The molecular formula is C17H26O7. The van der Waals surface area contributed by atoms with Crippen molar-refractivity contribution < 1.29 is 34.0 Å². The number of terminal acetylenes is 1. The number of carbonyl (C=O) groups excluding carboxylic acids is 2. The Morgan fingerprint density at radius 3 is 2.08 bits per heavy atom. The van der Waals surface area contributed by atoms with E-state index in [1.165, 1.54) is 0 Å². The first-order chi connectivity index (χ1) is 11.4. The lowest BCUT2D eigenvalue weighted by Gasteiger charge is -2.39. The number of aliphatic hydroxyl groups excluding tert-OH is 2. The highest BCUT2D eigenvalue weighted by atomic mass is 16.7. The van der Waals surface area contributed by atoms with Gasteiger partial charge in [0.2, 0.25) is 6.29 Å². The monoisotopic (exact) mass is 342 g/mol. The summed E-state index contributed by atoms with van der Waals surface area (Å²) in [6.07, 6.45) is 1.74. The number of ether oxygens (including phenoxy) is 3. The van der Waals surface area contributed by atoms with Gasteiger partial charge >= 0.3 is 11.9 Å². The molecule has 1 aliphatic rings. The van der Waals surface area contributed by atoms with Crippen LogP contribution in [0.25, 0.3) is 0 Å². The number of unbranched alkanes of at least 4 members (excludes halogenated alkanes) is 2. The Balaban J connectivity index is 2.75. The zero-order chi connectivity index (χ0) is 18.1. The second-order valence-corrected chi connectivity index (χ2v) is 5.72. The van der Waals surface area contributed by atoms with Crippen molar-refractivity contribution in [1.82, 2.24) is 0 Å². The molecule has 1 heterocycles. The molecule has 1 rings (SSSR count). The zero-order valence-electron chi connectivity index (χ0n) is 14.1. The molecule has 5 atom stereocenters. The summed E-state index contributed by atoms with van der Waals surface area (Å²) in [6, 6.07) is 0. The predicted octanol–water partition coefficient (Wildman–Crippen LogP) is 0.902. The van der Waals surface area contributed by atoms with Crippen LogP contribution < -0.4 is 0 Å². The van der Waals surface area contributed by atoms with Gasteiger partial charge in [0, 0.05) is 12.8 Å². The highest BCUT2D eigenvalue weighted by molar-refractivity contribution is 5.70. The molecule has 0 radical (unpaired) electrons. The summed E-state index contributed by atoms with van der Waals surface area (Å²) in [6.45, 7) is 3.85. The lowest BCUT2D eigenvalue weighted by atomic mass is 9.99. The van der Waals surface area contributed by atoms with E-state index < -0.39 is 42.6 Å². The van der Waals surface area contributed by atoms with Crippen molar-refractivity contribution in [3.63, 3.8) is 0 Å². The number of hydrogen-bond acceptors (Lipinski definition) is 7. The molecule has 136 valence electrons. The minimum Gasteiger partial charge on any atom is -0.456 e. The molecule has 0 aromatic rings. The van der Waals surface area contributed by atoms with E-state index in [0.29, 0.717) is 12.8 Å². The van der Waals surface area contributed by atoms with Crippen molar-refractivity contribution in [2.24, 2.45) is 0 Å². The number of hydrogen-bond donors (Lipinski definition) is 2. The third-order valence-corrected chi connectivity index (χ3v) is 3.69. The second kappa shape index (κ2) is 10.3. The van der Waals surface area contributed by atoms with Crippen molar-refractivity contribution in [2.75, 3.05) is 0 Å². The molecule has 0 amide bonds. The van der Waals surface area contributed by atoms with Crippen molar-refractivity contribution in [3.8, 4) is 12.3 Å². The number of rotatable bonds is 8. The molecule has 7 heteroatoms. The molecule has 1 fully saturated rings. The molecule has 24 heavy (non-hydrogen) atoms. The molecule has 0 bridgehead atoms. The van der Waals surface area contributed by atoms with E-state index in [-0.39, 0.29) is 12.8 Å². The first-order valence-corrected chi connectivity index (χ1v) is 8.31. The van der Waals surface area contributed by atoms with Crippen LogP contribution in [0.2, 0.25) is 0 Å². The van der Waals surface area contributed by atoms with Gasteiger partial charge in [-0.25, -0.2) is 0 Å². The van der Waals surface area contributed by atoms with Gasteiger partial charge in [-0.3, -0.25) is 9.59 Å². The summed E-state index contributed by atoms with van der Waals surface area (Å²) in [5.41, 5.74) is 0. The first kappa shape index (κ1) is 20.4. The Bertz CT molecular complexity index is 456. The predicted molar refractivity (Wildman–Crippen MR) is 84.5 cm³/mol. The highest BCUT2D eigenvalue weighted by Crippen LogP contribution is 2.25. The maximum absolute atomic E-state index is 11.8. The summed E-state index contributed by atoms with van der Waals surface area (Å²) in [4.78, 5) is 23.5. The van der Waals surface area contributed by atoms with Crippen molar-refractivity contribution in [3.05, 3.63) is 0 Å². The first-order valence-electron chi connectivity index (χ1n) is 8.31. The third kappa shape index (κ3) is 5.78. The van der Waals surface area contributed by atoms with Crippen LogP contribution >= 0.6 is 0 Å². The van der Waals surface area contributed by atoms with Crippen LogP contribution in [-0.2, 0) is 23.8 Å². The van der Waals surface area contributed by atoms with Gasteiger partial charge in [0.25, 0.3) is 0 Å². The van der Waals surface area contributed by atoms with Gasteiger partial charge in [-0.2, -0.15) is 0 Å². The van der Waals surface area contributed by atoms with E-state index in [0.717, 1.165) is 12.8 Å². The Morgan fingerprint density at radius 1 is 1.04 bits per heavy atom. The quantitative estimate of drug-likeness (QED) is 0.499. The fourth-order valence-electron chi connectivity index (χ4n) is 2.25. The van der Waals surface area contributed by atoms with Gasteiger partial charge in [-0.1, -0.05) is 32.6 Å². The summed E-state index contributed by atoms with van der Waals surface area (Å²) < 4.78 is 15.4. The average molecular weight is 342 g/mol. The van der Waals surface area contributed by atoms with Crippen LogP contribution in [0.3, 0.4) is 0 Å². The maximum Gasteiger partial charge on any atom is 0.308 e. The molecule has 0 aliphatic carbocycles. The molecule has 1 unspecified atom stereocenters. The smallest absolute Gasteiger partial charge is 0.308 e. The van der Waals surface area contributed by atoms with Crippen LogP contribution in [0, 0.1) is 12.3 Å². The van der Waals surface area contributed by atoms with Gasteiger partial charge in [-0.05, 0) is 12.8 Å². The lowest BCUT2D eigenvalue weighted by Crippen LogP contribution is -2.59. The van der Waals surface area contributed by atoms with Crippen molar-refractivity contribution >= 4 is 11.9 Å². The molecule has 0 saturated carbocycles. The number of carbonyl (C=O) groups is 2. The molecule has 0 aromatic heterocycles. The third-order valence-electron chi connectivity index (χ3n) is 3.69. The van der Waals surface area contributed by atoms with Crippen LogP contribution in [0.15, 0.2) is 0 Å². The minimum absolute atomic E-state index is 0.162. The fraction of sp³-hybridized carbons (Fsp3) is 0.765. The van der Waals surface area contributed by atoms with Gasteiger partial charge in [0.05, 0.1) is 0 Å². The van der Waals surface area contributed by atoms with Gasteiger partial charge in [0.1, 0.15) is 6.10 Å². The fourth-order valence-corrected chi connectivity index (χ4v) is 2.25. The molecule has 1 aliphatic heterocycles. The minimum atomic E-state index is -1.51. The Morgan fingerprint density at radius 2 is 1.58 bits per heavy atom. The second-order valence-electron chi connectivity index (χ2n) is 5.72. The Labute approximate surface area is 142 Å². The van der Waals surface area contributed by atoms with Gasteiger partial charge in [-0.15, -0.1) is 6.42 Å². The molecule has 0 spiro atoms. The molecule has 2 N–H and O–H groups in total. The highest BCUT2D eigenvalue weighted by Gasteiger charge is 2.48. The van der Waals surface area contributed by atoms with E-state index in [1.807, 2.05) is 13.8 Å². The molecular weight excluding hydrogens is 316 g/mol. The topological polar surface area (TPSA) is 102 Å². The van der Waals surface area contributed by atoms with Crippen LogP contribution in [0.5, 0.6) is 0 Å². The largest absolute Gasteiger partial charge is 0.456 e. The van der Waals surface area contributed by atoms with Crippen LogP contribution in [-0.4, -0.2) is 52.9 Å². The Kier molecular flexibility index (Phi) is 8.76. The van der Waals surface area contributed by atoms with Gasteiger partial charge in [0.15, 0.2) is 18.3 Å². The van der Waals surface area contributed by atoms with Crippen LogP contribution in [0.4, 0.5) is 0 Å².